The predicted molar refractivity (Wildman–Crippen MR) is 56.1 cm³/mol. The van der Waals surface area contributed by atoms with E-state index in [1.54, 1.807) is 11.4 Å². The van der Waals surface area contributed by atoms with Gasteiger partial charge in [0.05, 0.1) is 5.56 Å². The van der Waals surface area contributed by atoms with Gasteiger partial charge in [0.15, 0.2) is 0 Å². The zero-order valence-electron chi connectivity index (χ0n) is 6.80. The van der Waals surface area contributed by atoms with Crippen molar-refractivity contribution in [3.8, 4) is 5.75 Å². The van der Waals surface area contributed by atoms with Gasteiger partial charge in [0.2, 0.25) is 0 Å². The van der Waals surface area contributed by atoms with Crippen LogP contribution >= 0.6 is 27.3 Å². The summed E-state index contributed by atoms with van der Waals surface area (Å²) in [6.45, 7) is 0. The first-order valence-corrected chi connectivity index (χ1v) is 5.45. The number of aromatic hydroxyl groups is 1. The fourth-order valence-electron chi connectivity index (χ4n) is 1.28. The molecule has 0 saturated carbocycles. The van der Waals surface area contributed by atoms with Gasteiger partial charge in [-0.25, -0.2) is 8.78 Å². The Kier molecular flexibility index (Phi) is 2.45. The molecule has 0 amide bonds. The summed E-state index contributed by atoms with van der Waals surface area (Å²) in [7, 11) is 0. The number of benzene rings is 1. The molecule has 0 saturated heterocycles. The van der Waals surface area contributed by atoms with E-state index in [1.165, 1.54) is 17.4 Å². The van der Waals surface area contributed by atoms with Crippen molar-refractivity contribution in [1.29, 1.82) is 0 Å². The molecular formula is C9H5BrF2OS. The number of phenolic OH excluding ortho intramolecular Hbond substituents is 1. The molecule has 0 bridgehead atoms. The van der Waals surface area contributed by atoms with E-state index in [1.807, 2.05) is 0 Å². The van der Waals surface area contributed by atoms with Crippen molar-refractivity contribution in [1.82, 2.24) is 0 Å². The lowest BCUT2D eigenvalue weighted by molar-refractivity contribution is 0.147. The summed E-state index contributed by atoms with van der Waals surface area (Å²) in [6, 6.07) is 3.14. The lowest BCUT2D eigenvalue weighted by Crippen LogP contribution is -1.87. The van der Waals surface area contributed by atoms with Crippen molar-refractivity contribution in [2.45, 2.75) is 6.43 Å². The quantitative estimate of drug-likeness (QED) is 0.824. The molecule has 1 aromatic heterocycles. The summed E-state index contributed by atoms with van der Waals surface area (Å²) >= 11 is 4.45. The second kappa shape index (κ2) is 3.47. The molecule has 0 atom stereocenters. The summed E-state index contributed by atoms with van der Waals surface area (Å²) in [4.78, 5) is 0. The maximum atomic E-state index is 12.5. The van der Waals surface area contributed by atoms with Crippen molar-refractivity contribution in [3.05, 3.63) is 27.5 Å². The third-order valence-corrected chi connectivity index (χ3v) is 3.95. The van der Waals surface area contributed by atoms with Crippen LogP contribution in [0.3, 0.4) is 0 Å². The molecule has 0 unspecified atom stereocenters. The summed E-state index contributed by atoms with van der Waals surface area (Å²) < 4.78 is 26.1. The summed E-state index contributed by atoms with van der Waals surface area (Å²) in [5.41, 5.74) is -0.333. The molecule has 0 aliphatic heterocycles. The maximum Gasteiger partial charge on any atom is 0.268 e. The van der Waals surface area contributed by atoms with E-state index in [-0.39, 0.29) is 15.8 Å². The van der Waals surface area contributed by atoms with Gasteiger partial charge in [0.25, 0.3) is 6.43 Å². The number of thiophene rings is 1. The van der Waals surface area contributed by atoms with E-state index in [4.69, 9.17) is 0 Å². The minimum atomic E-state index is -2.67. The molecule has 0 aliphatic carbocycles. The molecule has 1 aromatic carbocycles. The van der Waals surface area contributed by atoms with E-state index < -0.39 is 6.43 Å². The van der Waals surface area contributed by atoms with Gasteiger partial charge in [0, 0.05) is 9.17 Å². The zero-order chi connectivity index (χ0) is 10.3. The fourth-order valence-corrected chi connectivity index (χ4v) is 2.99. The third kappa shape index (κ3) is 1.40. The van der Waals surface area contributed by atoms with Crippen LogP contribution in [0.1, 0.15) is 12.0 Å². The molecule has 1 N–H and O–H groups in total. The van der Waals surface area contributed by atoms with Gasteiger partial charge in [-0.1, -0.05) is 0 Å². The maximum absolute atomic E-state index is 12.5. The second-order valence-electron chi connectivity index (χ2n) is 2.76. The zero-order valence-corrected chi connectivity index (χ0v) is 9.20. The highest BCUT2D eigenvalue weighted by Crippen LogP contribution is 2.41. The first-order valence-electron chi connectivity index (χ1n) is 3.78. The number of alkyl halides is 2. The van der Waals surface area contributed by atoms with Gasteiger partial charge in [-0.05, 0) is 38.8 Å². The SMILES string of the molecule is Oc1cc2ccsc2c(Br)c1C(F)F. The molecular weight excluding hydrogens is 274 g/mol. The van der Waals surface area contributed by atoms with Crippen LogP contribution in [-0.4, -0.2) is 5.11 Å². The molecule has 0 fully saturated rings. The van der Waals surface area contributed by atoms with E-state index in [0.29, 0.717) is 0 Å². The molecule has 0 spiro atoms. The molecule has 1 heterocycles. The Labute approximate surface area is 91.1 Å². The van der Waals surface area contributed by atoms with Gasteiger partial charge in [0.1, 0.15) is 5.75 Å². The van der Waals surface area contributed by atoms with E-state index in [2.05, 4.69) is 15.9 Å². The van der Waals surface area contributed by atoms with Crippen molar-refractivity contribution in [2.24, 2.45) is 0 Å². The fraction of sp³-hybridized carbons (Fsp3) is 0.111. The largest absolute Gasteiger partial charge is 0.507 e. The monoisotopic (exact) mass is 278 g/mol. The Morgan fingerprint density at radius 3 is 2.79 bits per heavy atom. The number of hydrogen-bond acceptors (Lipinski definition) is 2. The average Bonchev–Trinajstić information content (AvgIpc) is 2.50. The van der Waals surface area contributed by atoms with Crippen LogP contribution in [0.25, 0.3) is 10.1 Å². The summed E-state index contributed by atoms with van der Waals surface area (Å²) in [5, 5.41) is 11.9. The number of hydrogen-bond donors (Lipinski definition) is 1. The Hall–Kier alpha value is -0.680. The van der Waals surface area contributed by atoms with Crippen LogP contribution in [-0.2, 0) is 0 Å². The number of fused-ring (bicyclic) bond motifs is 1. The lowest BCUT2D eigenvalue weighted by Gasteiger charge is -2.06. The minimum Gasteiger partial charge on any atom is -0.507 e. The van der Waals surface area contributed by atoms with Crippen molar-refractivity contribution in [3.63, 3.8) is 0 Å². The Bertz CT molecular complexity index is 481. The second-order valence-corrected chi connectivity index (χ2v) is 4.47. The number of phenols is 1. The van der Waals surface area contributed by atoms with E-state index in [9.17, 15) is 13.9 Å². The molecule has 0 aliphatic rings. The lowest BCUT2D eigenvalue weighted by atomic mass is 10.1. The molecule has 14 heavy (non-hydrogen) atoms. The molecule has 5 heteroatoms. The van der Waals surface area contributed by atoms with Crippen LogP contribution in [0, 0.1) is 0 Å². The van der Waals surface area contributed by atoms with Gasteiger partial charge in [-0.3, -0.25) is 0 Å². The summed E-state index contributed by atoms with van der Waals surface area (Å²) in [6.07, 6.45) is -2.67. The Morgan fingerprint density at radius 2 is 2.14 bits per heavy atom. The highest BCUT2D eigenvalue weighted by Gasteiger charge is 2.19. The minimum absolute atomic E-state index is 0.289. The van der Waals surface area contributed by atoms with E-state index in [0.717, 1.165) is 10.1 Å². The Morgan fingerprint density at radius 1 is 1.43 bits per heavy atom. The third-order valence-electron chi connectivity index (χ3n) is 1.92. The van der Waals surface area contributed by atoms with Gasteiger partial charge >= 0.3 is 0 Å². The first-order chi connectivity index (χ1) is 6.61. The summed E-state index contributed by atoms with van der Waals surface area (Å²) in [5.74, 6) is -0.363. The first kappa shape index (κ1) is 9.86. The topological polar surface area (TPSA) is 20.2 Å². The Balaban J connectivity index is 2.82. The van der Waals surface area contributed by atoms with Gasteiger partial charge in [-0.15, -0.1) is 11.3 Å². The number of halogens is 3. The van der Waals surface area contributed by atoms with E-state index >= 15 is 0 Å². The van der Waals surface area contributed by atoms with Crippen molar-refractivity contribution in [2.75, 3.05) is 0 Å². The molecule has 74 valence electrons. The molecule has 0 radical (unpaired) electrons. The predicted octanol–water partition coefficient (Wildman–Crippen LogP) is 4.31. The van der Waals surface area contributed by atoms with Crippen molar-refractivity contribution >= 4 is 37.4 Å². The molecule has 1 nitrogen and oxygen atoms in total. The normalized spacial score (nSPS) is 11.4. The van der Waals surface area contributed by atoms with Gasteiger partial charge in [-0.2, -0.15) is 0 Å². The standard InChI is InChI=1S/C9H5BrF2OS/c10-7-6(9(11)12)5(13)3-4-1-2-14-8(4)7/h1-3,9,13H. The van der Waals surface area contributed by atoms with Crippen molar-refractivity contribution < 1.29 is 13.9 Å². The smallest absolute Gasteiger partial charge is 0.268 e. The van der Waals surface area contributed by atoms with Crippen LogP contribution in [0.4, 0.5) is 8.78 Å². The number of rotatable bonds is 1. The van der Waals surface area contributed by atoms with Crippen LogP contribution < -0.4 is 0 Å². The van der Waals surface area contributed by atoms with Crippen LogP contribution in [0.5, 0.6) is 5.75 Å². The van der Waals surface area contributed by atoms with Crippen LogP contribution in [0.2, 0.25) is 0 Å². The highest BCUT2D eigenvalue weighted by molar-refractivity contribution is 9.10. The average molecular weight is 279 g/mol. The molecule has 2 aromatic rings. The highest BCUT2D eigenvalue weighted by atomic mass is 79.9. The van der Waals surface area contributed by atoms with Gasteiger partial charge < -0.3 is 5.11 Å². The molecule has 2 rings (SSSR count). The van der Waals surface area contributed by atoms with Crippen LogP contribution in [0.15, 0.2) is 22.0 Å².